The second kappa shape index (κ2) is 7.70. The molecule has 0 saturated carbocycles. The van der Waals surface area contributed by atoms with Crippen molar-refractivity contribution in [3.8, 4) is 0 Å². The van der Waals surface area contributed by atoms with Gasteiger partial charge in [-0.05, 0) is 41.0 Å². The summed E-state index contributed by atoms with van der Waals surface area (Å²) in [6.45, 7) is 2.92. The molecule has 150 valence electrons. The fraction of sp³-hybridized carbons (Fsp3) is 0.333. The number of nitrogens with two attached hydrogens (primary N) is 1. The van der Waals surface area contributed by atoms with Gasteiger partial charge in [0.05, 0.1) is 0 Å². The molecule has 1 aromatic carbocycles. The summed E-state index contributed by atoms with van der Waals surface area (Å²) < 4.78 is 4.28. The van der Waals surface area contributed by atoms with E-state index in [1.807, 2.05) is 31.2 Å². The molecular formula is C18H21N9O2. The number of aryl methyl sites for hydroxylation is 2. The predicted octanol–water partition coefficient (Wildman–Crippen LogP) is 0.156. The summed E-state index contributed by atoms with van der Waals surface area (Å²) >= 11 is 0. The Kier molecular flexibility index (Phi) is 4.94. The van der Waals surface area contributed by atoms with Crippen LogP contribution in [0.4, 0.5) is 5.69 Å². The van der Waals surface area contributed by atoms with Crippen molar-refractivity contribution < 1.29 is 0 Å². The first-order valence-corrected chi connectivity index (χ1v) is 9.34. The van der Waals surface area contributed by atoms with Gasteiger partial charge in [0.2, 0.25) is 0 Å². The lowest BCUT2D eigenvalue weighted by atomic mass is 10.1. The molecule has 29 heavy (non-hydrogen) atoms. The molecule has 4 rings (SSSR count). The van der Waals surface area contributed by atoms with Crippen molar-refractivity contribution >= 4 is 16.9 Å². The number of hydrogen-bond acceptors (Lipinski definition) is 7. The zero-order valence-corrected chi connectivity index (χ0v) is 15.9. The van der Waals surface area contributed by atoms with Crippen LogP contribution in [0, 0.1) is 0 Å². The molecule has 0 atom stereocenters. The summed E-state index contributed by atoms with van der Waals surface area (Å²) in [7, 11) is 0. The van der Waals surface area contributed by atoms with Gasteiger partial charge in [-0.25, -0.2) is 14.5 Å². The number of aromatic amines is 1. The zero-order valence-electron chi connectivity index (χ0n) is 15.9. The van der Waals surface area contributed by atoms with Gasteiger partial charge in [0.15, 0.2) is 5.65 Å². The van der Waals surface area contributed by atoms with E-state index >= 15 is 0 Å². The first-order chi connectivity index (χ1) is 14.1. The fourth-order valence-electron chi connectivity index (χ4n) is 3.24. The van der Waals surface area contributed by atoms with Gasteiger partial charge in [0, 0.05) is 18.8 Å². The molecule has 0 saturated heterocycles. The number of hydrogen-bond donors (Lipinski definition) is 2. The molecule has 0 aliphatic heterocycles. The topological polar surface area (TPSA) is 142 Å². The van der Waals surface area contributed by atoms with E-state index in [0.717, 1.165) is 5.56 Å². The van der Waals surface area contributed by atoms with Crippen molar-refractivity contribution in [2.45, 2.75) is 39.4 Å². The van der Waals surface area contributed by atoms with E-state index in [-0.39, 0.29) is 17.8 Å². The van der Waals surface area contributed by atoms with Gasteiger partial charge >= 0.3 is 5.69 Å². The van der Waals surface area contributed by atoms with Crippen LogP contribution in [0.15, 0.2) is 40.2 Å². The lowest BCUT2D eigenvalue weighted by Crippen LogP contribution is -2.40. The molecule has 3 heterocycles. The highest BCUT2D eigenvalue weighted by molar-refractivity contribution is 5.69. The van der Waals surface area contributed by atoms with Crippen LogP contribution in [0.1, 0.15) is 24.7 Å². The molecule has 11 nitrogen and oxygen atoms in total. The lowest BCUT2D eigenvalue weighted by Gasteiger charge is -2.11. The van der Waals surface area contributed by atoms with Gasteiger partial charge in [0.1, 0.15) is 24.2 Å². The van der Waals surface area contributed by atoms with Gasteiger partial charge < -0.3 is 10.7 Å². The highest BCUT2D eigenvalue weighted by Crippen LogP contribution is 2.10. The van der Waals surface area contributed by atoms with E-state index in [4.69, 9.17) is 5.73 Å². The third-order valence-electron chi connectivity index (χ3n) is 4.66. The second-order valence-corrected chi connectivity index (χ2v) is 6.77. The molecule has 11 heteroatoms. The van der Waals surface area contributed by atoms with Crippen molar-refractivity contribution in [1.29, 1.82) is 0 Å². The van der Waals surface area contributed by atoms with E-state index in [0.29, 0.717) is 48.6 Å². The Labute approximate surface area is 164 Å². The summed E-state index contributed by atoms with van der Waals surface area (Å²) in [5.41, 5.74) is 7.37. The Morgan fingerprint density at radius 1 is 1.10 bits per heavy atom. The van der Waals surface area contributed by atoms with E-state index in [1.54, 1.807) is 4.57 Å². The Balaban J connectivity index is 1.77. The maximum atomic E-state index is 13.0. The average molecular weight is 395 g/mol. The minimum atomic E-state index is -0.369. The SMILES string of the molecule is CCCn1c(=O)c2[nH]c(Cn3cnnn3)nc2n(CCc2ccc(N)cc2)c1=O. The summed E-state index contributed by atoms with van der Waals surface area (Å²) in [6, 6.07) is 7.50. The number of anilines is 1. The third-order valence-corrected chi connectivity index (χ3v) is 4.66. The maximum absolute atomic E-state index is 13.0. The highest BCUT2D eigenvalue weighted by Gasteiger charge is 2.17. The summed E-state index contributed by atoms with van der Waals surface area (Å²) in [4.78, 5) is 33.4. The van der Waals surface area contributed by atoms with Crippen LogP contribution >= 0.6 is 0 Å². The number of imidazole rings is 1. The number of tetrazole rings is 1. The Morgan fingerprint density at radius 3 is 2.59 bits per heavy atom. The third kappa shape index (κ3) is 3.66. The molecule has 0 radical (unpaired) electrons. The van der Waals surface area contributed by atoms with Crippen LogP contribution in [0.5, 0.6) is 0 Å². The van der Waals surface area contributed by atoms with Gasteiger partial charge in [-0.15, -0.1) is 5.10 Å². The van der Waals surface area contributed by atoms with Crippen LogP contribution in [0.2, 0.25) is 0 Å². The van der Waals surface area contributed by atoms with Crippen LogP contribution in [0.25, 0.3) is 11.2 Å². The number of rotatable bonds is 7. The van der Waals surface area contributed by atoms with Crippen molar-refractivity contribution in [2.24, 2.45) is 0 Å². The molecule has 0 unspecified atom stereocenters. The molecule has 0 spiro atoms. The Bertz CT molecular complexity index is 1230. The zero-order chi connectivity index (χ0) is 20.4. The quantitative estimate of drug-likeness (QED) is 0.424. The summed E-state index contributed by atoms with van der Waals surface area (Å²) in [5.74, 6) is 0.499. The molecular weight excluding hydrogens is 374 g/mol. The summed E-state index contributed by atoms with van der Waals surface area (Å²) in [6.07, 6.45) is 2.73. The monoisotopic (exact) mass is 395 g/mol. The Hall–Kier alpha value is -3.76. The van der Waals surface area contributed by atoms with E-state index in [1.165, 1.54) is 15.6 Å². The number of nitrogens with one attached hydrogen (secondary N) is 1. The van der Waals surface area contributed by atoms with Gasteiger partial charge in [0.25, 0.3) is 5.56 Å². The average Bonchev–Trinajstić information content (AvgIpc) is 3.37. The van der Waals surface area contributed by atoms with Crippen molar-refractivity contribution in [3.63, 3.8) is 0 Å². The molecule has 0 aliphatic rings. The molecule has 3 N–H and O–H groups in total. The van der Waals surface area contributed by atoms with E-state index in [9.17, 15) is 9.59 Å². The fourth-order valence-corrected chi connectivity index (χ4v) is 3.24. The number of nitrogen functional groups attached to an aromatic ring is 1. The normalized spacial score (nSPS) is 11.3. The van der Waals surface area contributed by atoms with Crippen LogP contribution in [0.3, 0.4) is 0 Å². The van der Waals surface area contributed by atoms with Crippen molar-refractivity contribution in [2.75, 3.05) is 5.73 Å². The second-order valence-electron chi connectivity index (χ2n) is 6.77. The molecule has 4 aromatic rings. The lowest BCUT2D eigenvalue weighted by molar-refractivity contribution is 0.559. The Morgan fingerprint density at radius 2 is 1.90 bits per heavy atom. The molecule has 0 amide bonds. The van der Waals surface area contributed by atoms with Crippen molar-refractivity contribution in [3.05, 3.63) is 62.8 Å². The molecule has 0 fully saturated rings. The molecule has 3 aromatic heterocycles. The number of aromatic nitrogens is 8. The number of fused-ring (bicyclic) bond motifs is 1. The minimum absolute atomic E-state index is 0.265. The first kappa shape index (κ1) is 18.6. The highest BCUT2D eigenvalue weighted by atomic mass is 16.2. The van der Waals surface area contributed by atoms with Crippen LogP contribution in [-0.2, 0) is 26.1 Å². The minimum Gasteiger partial charge on any atom is -0.399 e. The van der Waals surface area contributed by atoms with Gasteiger partial charge in [-0.1, -0.05) is 19.1 Å². The summed E-state index contributed by atoms with van der Waals surface area (Å²) in [5, 5.41) is 11.0. The molecule has 0 bridgehead atoms. The van der Waals surface area contributed by atoms with Crippen molar-refractivity contribution in [1.82, 2.24) is 39.3 Å². The smallest absolute Gasteiger partial charge is 0.332 e. The van der Waals surface area contributed by atoms with E-state index in [2.05, 4.69) is 25.5 Å². The predicted molar refractivity (Wildman–Crippen MR) is 106 cm³/mol. The van der Waals surface area contributed by atoms with Gasteiger partial charge in [-0.2, -0.15) is 0 Å². The molecule has 0 aliphatic carbocycles. The van der Waals surface area contributed by atoms with Crippen LogP contribution in [-0.4, -0.2) is 39.3 Å². The van der Waals surface area contributed by atoms with Gasteiger partial charge in [-0.3, -0.25) is 13.9 Å². The van der Waals surface area contributed by atoms with E-state index < -0.39 is 0 Å². The standard InChI is InChI=1S/C18H21N9O2/c1-2-8-27-17(28)15-16(22-14(21-15)10-25-11-20-23-24-25)26(18(27)29)9-7-12-3-5-13(19)6-4-12/h3-6,11H,2,7-10,19H2,1H3,(H,21,22). The number of nitrogens with zero attached hydrogens (tertiary/aromatic N) is 7. The first-order valence-electron chi connectivity index (χ1n) is 9.34. The number of H-pyrrole nitrogens is 1. The maximum Gasteiger partial charge on any atom is 0.332 e. The number of benzene rings is 1. The largest absolute Gasteiger partial charge is 0.399 e. The van der Waals surface area contributed by atoms with Crippen LogP contribution < -0.4 is 17.0 Å².